The molecule has 2 heterocycles. The second kappa shape index (κ2) is 7.48. The molecule has 3 rings (SSSR count). The van der Waals surface area contributed by atoms with Gasteiger partial charge in [-0.25, -0.2) is 17.9 Å². The highest BCUT2D eigenvalue weighted by Crippen LogP contribution is 2.28. The molecule has 0 bridgehead atoms. The first kappa shape index (κ1) is 19.0. The van der Waals surface area contributed by atoms with Crippen molar-refractivity contribution >= 4 is 27.3 Å². The molecular formula is C18H22N2O4S2. The normalized spacial score (nSPS) is 21.2. The molecule has 6 nitrogen and oxygen atoms in total. The summed E-state index contributed by atoms with van der Waals surface area (Å²) in [4.78, 5) is 13.9. The lowest BCUT2D eigenvalue weighted by Crippen LogP contribution is -2.43. The van der Waals surface area contributed by atoms with E-state index >= 15 is 0 Å². The summed E-state index contributed by atoms with van der Waals surface area (Å²) in [5.74, 6) is -1.11. The van der Waals surface area contributed by atoms with Gasteiger partial charge in [-0.05, 0) is 31.9 Å². The Hall–Kier alpha value is -1.74. The number of benzene rings is 1. The first-order valence-corrected chi connectivity index (χ1v) is 10.7. The van der Waals surface area contributed by atoms with Crippen LogP contribution in [-0.2, 0) is 16.6 Å². The van der Waals surface area contributed by atoms with Gasteiger partial charge in [-0.3, -0.25) is 4.90 Å². The molecule has 0 amide bonds. The highest BCUT2D eigenvalue weighted by molar-refractivity contribution is 7.89. The second-order valence-corrected chi connectivity index (χ2v) is 9.49. The van der Waals surface area contributed by atoms with Crippen LogP contribution < -0.4 is 4.72 Å². The molecule has 0 spiro atoms. The van der Waals surface area contributed by atoms with Crippen molar-refractivity contribution in [2.45, 2.75) is 43.8 Å². The number of carboxylic acid groups (broad SMARTS) is 1. The van der Waals surface area contributed by atoms with E-state index in [2.05, 4.69) is 21.8 Å². The topological polar surface area (TPSA) is 86.7 Å². The summed E-state index contributed by atoms with van der Waals surface area (Å²) in [6, 6.07) is 11.2. The maximum atomic E-state index is 12.7. The third-order valence-electron chi connectivity index (χ3n) is 4.79. The van der Waals surface area contributed by atoms with Crippen LogP contribution >= 0.6 is 11.3 Å². The van der Waals surface area contributed by atoms with Gasteiger partial charge in [0, 0.05) is 30.1 Å². The maximum Gasteiger partial charge on any atom is 0.345 e. The number of rotatable bonds is 6. The van der Waals surface area contributed by atoms with Gasteiger partial charge in [0.1, 0.15) is 4.88 Å². The minimum atomic E-state index is -3.75. The third kappa shape index (κ3) is 3.98. The molecule has 1 fully saturated rings. The Bertz CT molecular complexity index is 893. The molecule has 1 aromatic carbocycles. The Morgan fingerprint density at radius 3 is 2.65 bits per heavy atom. The van der Waals surface area contributed by atoms with Crippen molar-refractivity contribution in [1.82, 2.24) is 9.62 Å². The zero-order chi connectivity index (χ0) is 18.9. The Balaban J connectivity index is 1.71. The van der Waals surface area contributed by atoms with E-state index in [1.165, 1.54) is 11.6 Å². The number of likely N-dealkylation sites (tertiary alicyclic amines) is 1. The molecule has 0 radical (unpaired) electrons. The summed E-state index contributed by atoms with van der Waals surface area (Å²) >= 11 is 0.981. The lowest BCUT2D eigenvalue weighted by Gasteiger charge is -2.25. The van der Waals surface area contributed by atoms with E-state index in [0.29, 0.717) is 4.88 Å². The maximum absolute atomic E-state index is 12.7. The van der Waals surface area contributed by atoms with Crippen molar-refractivity contribution in [2.24, 2.45) is 0 Å². The molecule has 26 heavy (non-hydrogen) atoms. The monoisotopic (exact) mass is 394 g/mol. The number of sulfonamides is 1. The zero-order valence-corrected chi connectivity index (χ0v) is 16.3. The van der Waals surface area contributed by atoms with E-state index in [0.717, 1.165) is 30.8 Å². The average molecular weight is 395 g/mol. The van der Waals surface area contributed by atoms with Crippen LogP contribution in [0.4, 0.5) is 0 Å². The molecule has 2 N–H and O–H groups in total. The third-order valence-corrected chi connectivity index (χ3v) is 7.58. The van der Waals surface area contributed by atoms with E-state index in [4.69, 9.17) is 5.11 Å². The Kier molecular flexibility index (Phi) is 5.47. The summed E-state index contributed by atoms with van der Waals surface area (Å²) in [6.45, 7) is 5.24. The van der Waals surface area contributed by atoms with Crippen molar-refractivity contribution in [3.8, 4) is 0 Å². The van der Waals surface area contributed by atoms with E-state index in [9.17, 15) is 13.2 Å². The van der Waals surface area contributed by atoms with E-state index in [-0.39, 0.29) is 21.9 Å². The second-order valence-electron chi connectivity index (χ2n) is 6.55. The van der Waals surface area contributed by atoms with Gasteiger partial charge in [0.05, 0.1) is 4.90 Å². The van der Waals surface area contributed by atoms with E-state index in [1.807, 2.05) is 25.1 Å². The molecule has 140 valence electrons. The number of nitrogens with one attached hydrogen (secondary N) is 1. The van der Waals surface area contributed by atoms with Gasteiger partial charge in [0.25, 0.3) is 0 Å². The predicted octanol–water partition coefficient (Wildman–Crippen LogP) is 2.70. The smallest absolute Gasteiger partial charge is 0.345 e. The van der Waals surface area contributed by atoms with Gasteiger partial charge in [0.2, 0.25) is 10.0 Å². The van der Waals surface area contributed by atoms with Gasteiger partial charge < -0.3 is 5.11 Å². The molecule has 2 atom stereocenters. The lowest BCUT2D eigenvalue weighted by molar-refractivity contribution is 0.0702. The highest BCUT2D eigenvalue weighted by atomic mass is 32.2. The van der Waals surface area contributed by atoms with Gasteiger partial charge in [-0.1, -0.05) is 30.3 Å². The van der Waals surface area contributed by atoms with Gasteiger partial charge in [-0.15, -0.1) is 11.3 Å². The molecule has 0 aliphatic carbocycles. The largest absolute Gasteiger partial charge is 0.477 e. The van der Waals surface area contributed by atoms with Crippen LogP contribution in [0.3, 0.4) is 0 Å². The van der Waals surface area contributed by atoms with E-state index < -0.39 is 16.0 Å². The first-order chi connectivity index (χ1) is 12.3. The van der Waals surface area contributed by atoms with Gasteiger partial charge >= 0.3 is 5.97 Å². The van der Waals surface area contributed by atoms with Crippen LogP contribution in [-0.4, -0.2) is 43.0 Å². The minimum absolute atomic E-state index is 0.0352. The zero-order valence-electron chi connectivity index (χ0n) is 14.7. The summed E-state index contributed by atoms with van der Waals surface area (Å²) < 4.78 is 28.3. The van der Waals surface area contributed by atoms with Crippen molar-refractivity contribution in [1.29, 1.82) is 0 Å². The minimum Gasteiger partial charge on any atom is -0.477 e. The molecule has 1 saturated heterocycles. The molecular weight excluding hydrogens is 372 g/mol. The van der Waals surface area contributed by atoms with Crippen LogP contribution in [0.1, 0.15) is 33.5 Å². The number of carbonyl (C=O) groups is 1. The van der Waals surface area contributed by atoms with E-state index in [1.54, 1.807) is 6.92 Å². The van der Waals surface area contributed by atoms with Crippen LogP contribution in [0, 0.1) is 6.92 Å². The van der Waals surface area contributed by atoms with Crippen molar-refractivity contribution < 1.29 is 18.3 Å². The predicted molar refractivity (Wildman–Crippen MR) is 101 cm³/mol. The summed E-state index contributed by atoms with van der Waals surface area (Å²) in [5.41, 5.74) is 1.20. The molecule has 1 aliphatic rings. The molecule has 1 aliphatic heterocycles. The number of hydrogen-bond acceptors (Lipinski definition) is 5. The summed E-state index contributed by atoms with van der Waals surface area (Å²) in [7, 11) is -3.75. The van der Waals surface area contributed by atoms with Crippen LogP contribution in [0.15, 0.2) is 41.3 Å². The molecule has 8 heteroatoms. The lowest BCUT2D eigenvalue weighted by atomic mass is 10.1. The van der Waals surface area contributed by atoms with Crippen molar-refractivity contribution in [3.05, 3.63) is 51.7 Å². The fourth-order valence-electron chi connectivity index (χ4n) is 3.30. The van der Waals surface area contributed by atoms with Crippen molar-refractivity contribution in [3.63, 3.8) is 0 Å². The number of aromatic carboxylic acids is 1. The standard InChI is InChI=1S/C18H22N2O4S2/c1-12-15(8-9-20(12)11-14-6-4-3-5-7-14)19-26(23,24)17-10-16(18(21)22)25-13(17)2/h3-7,10,12,15,19H,8-9,11H2,1-2H3,(H,21,22). The fourth-order valence-corrected chi connectivity index (χ4v) is 6.08. The summed E-state index contributed by atoms with van der Waals surface area (Å²) in [5, 5.41) is 9.08. The molecule has 2 aromatic rings. The number of carboxylic acids is 1. The Morgan fingerprint density at radius 1 is 1.35 bits per heavy atom. The fraction of sp³-hybridized carbons (Fsp3) is 0.389. The Morgan fingerprint density at radius 2 is 2.04 bits per heavy atom. The summed E-state index contributed by atoms with van der Waals surface area (Å²) in [6.07, 6.45) is 0.724. The van der Waals surface area contributed by atoms with Gasteiger partial charge in [0.15, 0.2) is 0 Å². The number of nitrogens with zero attached hydrogens (tertiary/aromatic N) is 1. The number of thiophene rings is 1. The molecule has 1 aromatic heterocycles. The van der Waals surface area contributed by atoms with Crippen LogP contribution in [0.5, 0.6) is 0 Å². The molecule has 2 unspecified atom stereocenters. The number of aryl methyl sites for hydroxylation is 1. The quantitative estimate of drug-likeness (QED) is 0.787. The van der Waals surface area contributed by atoms with Crippen LogP contribution in [0.2, 0.25) is 0 Å². The van der Waals surface area contributed by atoms with Crippen molar-refractivity contribution in [2.75, 3.05) is 6.54 Å². The van der Waals surface area contributed by atoms with Gasteiger partial charge in [-0.2, -0.15) is 0 Å². The molecule has 0 saturated carbocycles. The first-order valence-electron chi connectivity index (χ1n) is 8.42. The van der Waals surface area contributed by atoms with Crippen LogP contribution in [0.25, 0.3) is 0 Å². The Labute approximate surface area is 157 Å². The SMILES string of the molecule is Cc1sc(C(=O)O)cc1S(=O)(=O)NC1CCN(Cc2ccccc2)C1C. The average Bonchev–Trinajstić information content (AvgIpc) is 3.14. The highest BCUT2D eigenvalue weighted by Gasteiger charge is 2.34. The number of hydrogen-bond donors (Lipinski definition) is 2.